The van der Waals surface area contributed by atoms with E-state index in [4.69, 9.17) is 4.74 Å². The Morgan fingerprint density at radius 2 is 1.61 bits per heavy atom. The number of methoxy groups -OCH3 is 1. The molecule has 0 aromatic heterocycles. The fourth-order valence-electron chi connectivity index (χ4n) is 3.40. The molecule has 3 aromatic carbocycles. The second-order valence-corrected chi connectivity index (χ2v) is 10.1. The van der Waals surface area contributed by atoms with Gasteiger partial charge in [0.15, 0.2) is 0 Å². The SMILES string of the molecule is CCN(c1ccc(C(=O)N[C@@H](C)c2ccc(OC)cc2)cc1)S(=O)(=O)c1ccc(SC)cc1. The summed E-state index contributed by atoms with van der Waals surface area (Å²) in [5.74, 6) is 0.520. The van der Waals surface area contributed by atoms with Crippen molar-refractivity contribution in [2.24, 2.45) is 0 Å². The van der Waals surface area contributed by atoms with Crippen LogP contribution in [0.1, 0.15) is 35.8 Å². The summed E-state index contributed by atoms with van der Waals surface area (Å²) in [7, 11) is -2.10. The highest BCUT2D eigenvalue weighted by Crippen LogP contribution is 2.26. The van der Waals surface area contributed by atoms with Crippen LogP contribution in [0.15, 0.2) is 82.6 Å². The van der Waals surface area contributed by atoms with E-state index in [1.165, 1.54) is 4.31 Å². The van der Waals surface area contributed by atoms with Gasteiger partial charge in [-0.2, -0.15) is 0 Å². The zero-order valence-electron chi connectivity index (χ0n) is 19.1. The lowest BCUT2D eigenvalue weighted by Gasteiger charge is -2.23. The number of sulfonamides is 1. The van der Waals surface area contributed by atoms with Gasteiger partial charge in [0.25, 0.3) is 15.9 Å². The molecule has 8 heteroatoms. The summed E-state index contributed by atoms with van der Waals surface area (Å²) in [5.41, 5.74) is 1.92. The fraction of sp³-hybridized carbons (Fsp3) is 0.240. The van der Waals surface area contributed by atoms with Crippen molar-refractivity contribution in [1.29, 1.82) is 0 Å². The molecule has 1 N–H and O–H groups in total. The van der Waals surface area contributed by atoms with E-state index in [1.807, 2.05) is 37.4 Å². The first-order valence-corrected chi connectivity index (χ1v) is 13.2. The summed E-state index contributed by atoms with van der Waals surface area (Å²) in [6.45, 7) is 3.96. The minimum atomic E-state index is -3.71. The number of anilines is 1. The zero-order valence-corrected chi connectivity index (χ0v) is 20.7. The van der Waals surface area contributed by atoms with Crippen molar-refractivity contribution in [2.75, 3.05) is 24.2 Å². The summed E-state index contributed by atoms with van der Waals surface area (Å²) in [5, 5.41) is 2.97. The molecule has 0 radical (unpaired) electrons. The van der Waals surface area contributed by atoms with Gasteiger partial charge in [0.1, 0.15) is 5.75 Å². The van der Waals surface area contributed by atoms with Crippen molar-refractivity contribution in [2.45, 2.75) is 29.7 Å². The fourth-order valence-corrected chi connectivity index (χ4v) is 5.28. The highest BCUT2D eigenvalue weighted by molar-refractivity contribution is 7.98. The third-order valence-corrected chi connectivity index (χ3v) is 7.98. The number of carbonyl (C=O) groups excluding carboxylic acids is 1. The van der Waals surface area contributed by atoms with Crippen LogP contribution in [-0.2, 0) is 10.0 Å². The standard InChI is InChI=1S/C25H28N2O4S2/c1-5-27(33(29,30)24-16-14-23(32-4)15-17-24)21-10-6-20(7-11-21)25(28)26-18(2)19-8-12-22(31-3)13-9-19/h6-18H,5H2,1-4H3,(H,26,28)/t18-/m0/s1. The first kappa shape index (κ1) is 24.7. The Morgan fingerprint density at radius 3 is 2.12 bits per heavy atom. The molecule has 6 nitrogen and oxygen atoms in total. The summed E-state index contributed by atoms with van der Waals surface area (Å²) in [6.07, 6.45) is 1.94. The van der Waals surface area contributed by atoms with Crippen LogP contribution in [0.2, 0.25) is 0 Å². The number of hydrogen-bond donors (Lipinski definition) is 1. The normalized spacial score (nSPS) is 12.1. The third-order valence-electron chi connectivity index (χ3n) is 5.32. The maximum absolute atomic E-state index is 13.2. The predicted octanol–water partition coefficient (Wildman–Crippen LogP) is 5.12. The molecule has 174 valence electrons. The van der Waals surface area contributed by atoms with Crippen molar-refractivity contribution in [3.05, 3.63) is 83.9 Å². The predicted molar refractivity (Wildman–Crippen MR) is 134 cm³/mol. The lowest BCUT2D eigenvalue weighted by molar-refractivity contribution is 0.0940. The molecule has 0 spiro atoms. The van der Waals surface area contributed by atoms with Crippen LogP contribution in [0, 0.1) is 0 Å². The average molecular weight is 485 g/mol. The minimum Gasteiger partial charge on any atom is -0.497 e. The molecule has 0 aliphatic rings. The number of nitrogens with one attached hydrogen (secondary N) is 1. The lowest BCUT2D eigenvalue weighted by atomic mass is 10.1. The van der Waals surface area contributed by atoms with E-state index >= 15 is 0 Å². The number of benzene rings is 3. The molecule has 33 heavy (non-hydrogen) atoms. The summed E-state index contributed by atoms with van der Waals surface area (Å²) < 4.78 is 32.8. The molecule has 0 saturated heterocycles. The van der Waals surface area contributed by atoms with Crippen LogP contribution in [-0.4, -0.2) is 34.2 Å². The van der Waals surface area contributed by atoms with Gasteiger partial charge in [-0.3, -0.25) is 9.10 Å². The maximum Gasteiger partial charge on any atom is 0.264 e. The van der Waals surface area contributed by atoms with E-state index < -0.39 is 10.0 Å². The van der Waals surface area contributed by atoms with Crippen LogP contribution in [0.25, 0.3) is 0 Å². The van der Waals surface area contributed by atoms with E-state index in [2.05, 4.69) is 5.32 Å². The molecule has 3 aromatic rings. The second kappa shape index (κ2) is 10.8. The first-order valence-electron chi connectivity index (χ1n) is 10.5. The third kappa shape index (κ3) is 5.69. The molecular weight excluding hydrogens is 456 g/mol. The van der Waals surface area contributed by atoms with Gasteiger partial charge >= 0.3 is 0 Å². The van der Waals surface area contributed by atoms with E-state index in [9.17, 15) is 13.2 Å². The van der Waals surface area contributed by atoms with Gasteiger partial charge in [0.2, 0.25) is 0 Å². The van der Waals surface area contributed by atoms with Crippen LogP contribution in [0.5, 0.6) is 5.75 Å². The Balaban J connectivity index is 1.74. The van der Waals surface area contributed by atoms with Gasteiger partial charge in [-0.05, 0) is 86.3 Å². The number of carbonyl (C=O) groups is 1. The first-order chi connectivity index (χ1) is 15.8. The zero-order chi connectivity index (χ0) is 24.0. The minimum absolute atomic E-state index is 0.195. The largest absolute Gasteiger partial charge is 0.497 e. The van der Waals surface area contributed by atoms with Gasteiger partial charge < -0.3 is 10.1 Å². The van der Waals surface area contributed by atoms with Gasteiger partial charge in [0.05, 0.1) is 23.7 Å². The highest BCUT2D eigenvalue weighted by atomic mass is 32.2. The van der Waals surface area contributed by atoms with Crippen molar-refractivity contribution in [3.63, 3.8) is 0 Å². The van der Waals surface area contributed by atoms with Crippen molar-refractivity contribution in [3.8, 4) is 5.75 Å². The Kier molecular flexibility index (Phi) is 8.05. The molecular formula is C25H28N2O4S2. The number of amides is 1. The quantitative estimate of drug-likeness (QED) is 0.427. The van der Waals surface area contributed by atoms with E-state index in [-0.39, 0.29) is 23.4 Å². The second-order valence-electron chi connectivity index (χ2n) is 7.36. The molecule has 1 amide bonds. The monoisotopic (exact) mass is 484 g/mol. The lowest BCUT2D eigenvalue weighted by Crippen LogP contribution is -2.31. The maximum atomic E-state index is 13.2. The topological polar surface area (TPSA) is 75.7 Å². The van der Waals surface area contributed by atoms with Gasteiger partial charge in [-0.25, -0.2) is 8.42 Å². The molecule has 0 saturated carbocycles. The molecule has 0 aliphatic carbocycles. The summed E-state index contributed by atoms with van der Waals surface area (Å²) in [6, 6.07) is 20.7. The van der Waals surface area contributed by atoms with Crippen LogP contribution in [0.4, 0.5) is 5.69 Å². The number of rotatable bonds is 9. The number of thioether (sulfide) groups is 1. The summed E-state index contributed by atoms with van der Waals surface area (Å²) in [4.78, 5) is 13.9. The number of nitrogens with zero attached hydrogens (tertiary/aromatic N) is 1. The van der Waals surface area contributed by atoms with Gasteiger partial charge in [0, 0.05) is 17.0 Å². The van der Waals surface area contributed by atoms with E-state index in [0.29, 0.717) is 11.3 Å². The Morgan fingerprint density at radius 1 is 1.00 bits per heavy atom. The van der Waals surface area contributed by atoms with E-state index in [1.54, 1.807) is 74.3 Å². The average Bonchev–Trinajstić information content (AvgIpc) is 2.84. The van der Waals surface area contributed by atoms with Crippen molar-refractivity contribution >= 4 is 33.4 Å². The molecule has 0 fully saturated rings. The Labute approximate surface area is 200 Å². The molecule has 1 atom stereocenters. The highest BCUT2D eigenvalue weighted by Gasteiger charge is 2.24. The smallest absolute Gasteiger partial charge is 0.264 e. The summed E-state index contributed by atoms with van der Waals surface area (Å²) >= 11 is 1.56. The molecule has 0 heterocycles. The van der Waals surface area contributed by atoms with E-state index in [0.717, 1.165) is 16.2 Å². The van der Waals surface area contributed by atoms with Crippen LogP contribution in [0.3, 0.4) is 0 Å². The van der Waals surface area contributed by atoms with Crippen molar-refractivity contribution < 1.29 is 17.9 Å². The van der Waals surface area contributed by atoms with Crippen LogP contribution < -0.4 is 14.4 Å². The van der Waals surface area contributed by atoms with Gasteiger partial charge in [-0.15, -0.1) is 11.8 Å². The Hall–Kier alpha value is -2.97. The van der Waals surface area contributed by atoms with Crippen LogP contribution >= 0.6 is 11.8 Å². The molecule has 0 unspecified atom stereocenters. The number of hydrogen-bond acceptors (Lipinski definition) is 5. The molecule has 0 aliphatic heterocycles. The molecule has 3 rings (SSSR count). The Bertz CT molecular complexity index is 1180. The van der Waals surface area contributed by atoms with Crippen molar-refractivity contribution in [1.82, 2.24) is 5.32 Å². The molecule has 0 bridgehead atoms. The van der Waals surface area contributed by atoms with Gasteiger partial charge in [-0.1, -0.05) is 12.1 Å². The number of ether oxygens (including phenoxy) is 1.